The molecule has 2 rings (SSSR count). The van der Waals surface area contributed by atoms with E-state index >= 15 is 0 Å². The number of carbonyl (C=O) groups is 1. The van der Waals surface area contributed by atoms with Crippen LogP contribution in [0.2, 0.25) is 0 Å². The maximum atomic E-state index is 11.5. The van der Waals surface area contributed by atoms with Crippen molar-refractivity contribution < 1.29 is 4.79 Å². The van der Waals surface area contributed by atoms with Crippen LogP contribution in [0.1, 0.15) is 41.9 Å². The predicted octanol–water partition coefficient (Wildman–Crippen LogP) is 3.13. The molecule has 0 saturated heterocycles. The van der Waals surface area contributed by atoms with Crippen LogP contribution in [-0.4, -0.2) is 10.8 Å². The second-order valence-electron chi connectivity index (χ2n) is 4.17. The van der Waals surface area contributed by atoms with Gasteiger partial charge < -0.3 is 4.98 Å². The van der Waals surface area contributed by atoms with Crippen LogP contribution < -0.4 is 5.56 Å². The van der Waals surface area contributed by atoms with Crippen LogP contribution in [0.3, 0.4) is 0 Å². The molecule has 90 valence electrons. The van der Waals surface area contributed by atoms with Gasteiger partial charge in [-0.15, -0.1) is 11.3 Å². The molecule has 0 unspecified atom stereocenters. The number of fused-ring (bicyclic) bond motifs is 1. The van der Waals surface area contributed by atoms with Gasteiger partial charge >= 0.3 is 0 Å². The van der Waals surface area contributed by atoms with E-state index in [1.54, 1.807) is 19.1 Å². The Bertz CT molecular complexity index is 609. The van der Waals surface area contributed by atoms with Crippen molar-refractivity contribution in [1.82, 2.24) is 4.98 Å². The van der Waals surface area contributed by atoms with Crippen molar-refractivity contribution in [2.24, 2.45) is 0 Å². The van der Waals surface area contributed by atoms with E-state index in [4.69, 9.17) is 0 Å². The van der Waals surface area contributed by atoms with Crippen molar-refractivity contribution in [3.63, 3.8) is 0 Å². The average Bonchev–Trinajstić information content (AvgIpc) is 2.69. The summed E-state index contributed by atoms with van der Waals surface area (Å²) in [7, 11) is 0. The molecule has 17 heavy (non-hydrogen) atoms. The summed E-state index contributed by atoms with van der Waals surface area (Å²) in [6.45, 7) is 3.67. The highest BCUT2D eigenvalue weighted by atomic mass is 32.1. The van der Waals surface area contributed by atoms with Gasteiger partial charge in [-0.2, -0.15) is 0 Å². The molecule has 0 amide bonds. The van der Waals surface area contributed by atoms with Gasteiger partial charge in [-0.1, -0.05) is 13.3 Å². The molecule has 0 aliphatic heterocycles. The Morgan fingerprint density at radius 1 is 1.41 bits per heavy atom. The third-order valence-corrected chi connectivity index (χ3v) is 4.05. The fourth-order valence-corrected chi connectivity index (χ4v) is 2.89. The number of pyridine rings is 1. The number of aromatic nitrogens is 1. The van der Waals surface area contributed by atoms with Crippen LogP contribution in [0.5, 0.6) is 0 Å². The quantitative estimate of drug-likeness (QED) is 0.846. The molecular formula is C13H15NO2S. The number of carbonyl (C=O) groups excluding carboxylic acids is 1. The largest absolute Gasteiger partial charge is 0.321 e. The highest BCUT2D eigenvalue weighted by Crippen LogP contribution is 2.27. The molecule has 2 aromatic rings. The first kappa shape index (κ1) is 12.0. The number of thiophene rings is 1. The Kier molecular flexibility index (Phi) is 3.43. The maximum absolute atomic E-state index is 11.5. The van der Waals surface area contributed by atoms with Crippen LogP contribution >= 0.6 is 11.3 Å². The number of hydrogen-bond donors (Lipinski definition) is 1. The summed E-state index contributed by atoms with van der Waals surface area (Å²) >= 11 is 1.47. The number of nitrogens with one attached hydrogen (secondary N) is 1. The Morgan fingerprint density at radius 3 is 2.82 bits per heavy atom. The molecule has 4 heteroatoms. The lowest BCUT2D eigenvalue weighted by Gasteiger charge is -2.00. The predicted molar refractivity (Wildman–Crippen MR) is 71.1 cm³/mol. The van der Waals surface area contributed by atoms with E-state index in [0.717, 1.165) is 35.0 Å². The van der Waals surface area contributed by atoms with Crippen molar-refractivity contribution in [3.05, 3.63) is 32.9 Å². The molecule has 0 spiro atoms. The highest BCUT2D eigenvalue weighted by Gasteiger charge is 2.10. The normalized spacial score (nSPS) is 10.9. The van der Waals surface area contributed by atoms with Crippen molar-refractivity contribution in [2.75, 3.05) is 0 Å². The standard InChI is InChI=1S/C13H15NO2S/c1-3-4-5-9-6-12(16)14-10-7-11(8(2)15)17-13(9)10/h6-7H,3-5H2,1-2H3,(H,14,16). The topological polar surface area (TPSA) is 49.9 Å². The van der Waals surface area contributed by atoms with Crippen LogP contribution in [0.25, 0.3) is 10.2 Å². The first-order valence-corrected chi connectivity index (χ1v) is 6.60. The molecule has 3 nitrogen and oxygen atoms in total. The van der Waals surface area contributed by atoms with E-state index in [1.807, 2.05) is 0 Å². The van der Waals surface area contributed by atoms with Gasteiger partial charge in [0.1, 0.15) is 0 Å². The smallest absolute Gasteiger partial charge is 0.248 e. The van der Waals surface area contributed by atoms with E-state index in [1.165, 1.54) is 11.3 Å². The van der Waals surface area contributed by atoms with Crippen LogP contribution in [-0.2, 0) is 6.42 Å². The summed E-state index contributed by atoms with van der Waals surface area (Å²) in [5, 5.41) is 0. The molecular weight excluding hydrogens is 234 g/mol. The third-order valence-electron chi connectivity index (χ3n) is 2.73. The summed E-state index contributed by atoms with van der Waals surface area (Å²) < 4.78 is 1.04. The summed E-state index contributed by atoms with van der Waals surface area (Å²) in [5.74, 6) is 0.0495. The molecule has 0 saturated carbocycles. The first-order chi connectivity index (χ1) is 8.11. The number of aromatic amines is 1. The number of Topliss-reactive ketones (excluding diaryl/α,β-unsaturated/α-hetero) is 1. The second kappa shape index (κ2) is 4.84. The van der Waals surface area contributed by atoms with Gasteiger partial charge in [-0.05, 0) is 31.4 Å². The van der Waals surface area contributed by atoms with Gasteiger partial charge in [-0.25, -0.2) is 0 Å². The summed E-state index contributed by atoms with van der Waals surface area (Å²) in [4.78, 5) is 26.3. The number of rotatable bonds is 4. The lowest BCUT2D eigenvalue weighted by atomic mass is 10.1. The van der Waals surface area contributed by atoms with E-state index in [0.29, 0.717) is 4.88 Å². The van der Waals surface area contributed by atoms with Gasteiger partial charge in [-0.3, -0.25) is 9.59 Å². The van der Waals surface area contributed by atoms with Crippen molar-refractivity contribution in [3.8, 4) is 0 Å². The van der Waals surface area contributed by atoms with Gasteiger partial charge in [0.25, 0.3) is 0 Å². The van der Waals surface area contributed by atoms with Gasteiger partial charge in [0, 0.05) is 6.07 Å². The fraction of sp³-hybridized carbons (Fsp3) is 0.385. The van der Waals surface area contributed by atoms with E-state index in [2.05, 4.69) is 11.9 Å². The zero-order valence-corrected chi connectivity index (χ0v) is 10.8. The third kappa shape index (κ3) is 2.47. The molecule has 2 heterocycles. The number of aryl methyl sites for hydroxylation is 1. The Morgan fingerprint density at radius 2 is 2.18 bits per heavy atom. The SMILES string of the molecule is CCCCc1cc(=O)[nH]c2cc(C(C)=O)sc12. The number of hydrogen-bond acceptors (Lipinski definition) is 3. The molecule has 2 aromatic heterocycles. The second-order valence-corrected chi connectivity index (χ2v) is 5.22. The molecule has 1 N–H and O–H groups in total. The Balaban J connectivity index is 2.57. The molecule has 0 atom stereocenters. The lowest BCUT2D eigenvalue weighted by molar-refractivity contribution is 0.102. The van der Waals surface area contributed by atoms with Gasteiger partial charge in [0.05, 0.1) is 15.1 Å². The zero-order chi connectivity index (χ0) is 12.4. The van der Waals surface area contributed by atoms with E-state index in [9.17, 15) is 9.59 Å². The highest BCUT2D eigenvalue weighted by molar-refractivity contribution is 7.21. The average molecular weight is 249 g/mol. The summed E-state index contributed by atoms with van der Waals surface area (Å²) in [6.07, 6.45) is 3.06. The lowest BCUT2D eigenvalue weighted by Crippen LogP contribution is -2.05. The monoisotopic (exact) mass is 249 g/mol. The van der Waals surface area contributed by atoms with Crippen LogP contribution in [0, 0.1) is 0 Å². The van der Waals surface area contributed by atoms with Gasteiger partial charge in [0.15, 0.2) is 5.78 Å². The minimum absolute atomic E-state index is 0.0495. The number of H-pyrrole nitrogens is 1. The molecule has 0 fully saturated rings. The van der Waals surface area contributed by atoms with E-state index in [-0.39, 0.29) is 11.3 Å². The summed E-state index contributed by atoms with van der Waals surface area (Å²) in [5.41, 5.74) is 1.76. The van der Waals surface area contributed by atoms with Crippen LogP contribution in [0.4, 0.5) is 0 Å². The van der Waals surface area contributed by atoms with E-state index < -0.39 is 0 Å². The van der Waals surface area contributed by atoms with Gasteiger partial charge in [0.2, 0.25) is 5.56 Å². The Labute approximate surface area is 103 Å². The van der Waals surface area contributed by atoms with Crippen molar-refractivity contribution in [2.45, 2.75) is 33.1 Å². The fourth-order valence-electron chi connectivity index (χ4n) is 1.84. The Hall–Kier alpha value is -1.42. The molecule has 0 bridgehead atoms. The molecule has 0 radical (unpaired) electrons. The van der Waals surface area contributed by atoms with Crippen molar-refractivity contribution >= 4 is 27.3 Å². The van der Waals surface area contributed by atoms with Crippen molar-refractivity contribution in [1.29, 1.82) is 0 Å². The zero-order valence-electron chi connectivity index (χ0n) is 10.0. The molecule has 0 aliphatic carbocycles. The van der Waals surface area contributed by atoms with Crippen LogP contribution in [0.15, 0.2) is 16.9 Å². The summed E-state index contributed by atoms with van der Waals surface area (Å²) in [6, 6.07) is 3.43. The maximum Gasteiger partial charge on any atom is 0.248 e. The minimum atomic E-state index is -0.0866. The molecule has 0 aliphatic rings. The number of unbranched alkanes of at least 4 members (excludes halogenated alkanes) is 1. The first-order valence-electron chi connectivity index (χ1n) is 5.78. The number of ketones is 1. The minimum Gasteiger partial charge on any atom is -0.321 e. The molecule has 0 aromatic carbocycles.